The van der Waals surface area contributed by atoms with E-state index in [4.69, 9.17) is 4.74 Å². The van der Waals surface area contributed by atoms with Crippen LogP contribution in [0.15, 0.2) is 48.5 Å². The van der Waals surface area contributed by atoms with E-state index in [0.29, 0.717) is 11.5 Å². The molecule has 0 bridgehead atoms. The molecule has 0 heterocycles. The molecule has 2 nitrogen and oxygen atoms in total. The fourth-order valence-electron chi connectivity index (χ4n) is 1.41. The first-order valence-corrected chi connectivity index (χ1v) is 5.22. The highest BCUT2D eigenvalue weighted by atomic mass is 19.4. The van der Waals surface area contributed by atoms with Gasteiger partial charge in [0.2, 0.25) is 0 Å². The van der Waals surface area contributed by atoms with Crippen LogP contribution in [-0.2, 0) is 6.18 Å². The SMILES string of the molecule is [NH3+]c1ccc(Oc2ccc(C(F)(F)F)cc2)cc1. The number of quaternary nitrogens is 1. The normalized spacial score (nSPS) is 11.3. The van der Waals surface area contributed by atoms with Crippen molar-refractivity contribution in [3.8, 4) is 11.5 Å². The number of benzene rings is 2. The zero-order chi connectivity index (χ0) is 13.2. The van der Waals surface area contributed by atoms with Crippen molar-refractivity contribution < 1.29 is 23.6 Å². The fourth-order valence-corrected chi connectivity index (χ4v) is 1.41. The van der Waals surface area contributed by atoms with Crippen LogP contribution < -0.4 is 10.5 Å². The molecule has 0 radical (unpaired) electrons. The molecular weight excluding hydrogens is 243 g/mol. The first-order chi connectivity index (χ1) is 8.45. The molecule has 0 aromatic heterocycles. The Labute approximate surface area is 102 Å². The molecule has 0 aliphatic heterocycles. The van der Waals surface area contributed by atoms with E-state index in [1.807, 2.05) is 0 Å². The van der Waals surface area contributed by atoms with Crippen LogP contribution in [0.5, 0.6) is 11.5 Å². The minimum absolute atomic E-state index is 0.361. The van der Waals surface area contributed by atoms with Crippen LogP contribution in [0.2, 0.25) is 0 Å². The van der Waals surface area contributed by atoms with Gasteiger partial charge in [-0.1, -0.05) is 0 Å². The molecule has 2 aromatic rings. The number of hydrogen-bond acceptors (Lipinski definition) is 1. The third-order valence-electron chi connectivity index (χ3n) is 2.34. The molecule has 2 aromatic carbocycles. The van der Waals surface area contributed by atoms with Crippen molar-refractivity contribution in [1.82, 2.24) is 0 Å². The molecule has 94 valence electrons. The summed E-state index contributed by atoms with van der Waals surface area (Å²) in [4.78, 5) is 0. The fraction of sp³-hybridized carbons (Fsp3) is 0.0769. The monoisotopic (exact) mass is 254 g/mol. The highest BCUT2D eigenvalue weighted by molar-refractivity contribution is 5.38. The van der Waals surface area contributed by atoms with Gasteiger partial charge in [0.15, 0.2) is 0 Å². The maximum absolute atomic E-state index is 12.3. The largest absolute Gasteiger partial charge is 0.457 e. The van der Waals surface area contributed by atoms with Crippen molar-refractivity contribution in [2.45, 2.75) is 6.18 Å². The standard InChI is InChI=1S/C13H10F3NO/c14-13(15,16)9-1-5-11(6-2-9)18-12-7-3-10(17)4-8-12/h1-8H,17H2/p+1. The van der Waals surface area contributed by atoms with Gasteiger partial charge in [0, 0.05) is 12.1 Å². The second kappa shape index (κ2) is 4.70. The van der Waals surface area contributed by atoms with Gasteiger partial charge in [0.25, 0.3) is 0 Å². The molecule has 0 saturated carbocycles. The van der Waals surface area contributed by atoms with E-state index in [0.717, 1.165) is 17.8 Å². The molecule has 3 N–H and O–H groups in total. The Balaban J connectivity index is 2.13. The maximum atomic E-state index is 12.3. The summed E-state index contributed by atoms with van der Waals surface area (Å²) in [7, 11) is 0. The summed E-state index contributed by atoms with van der Waals surface area (Å²) < 4.78 is 42.4. The van der Waals surface area contributed by atoms with Gasteiger partial charge in [0.1, 0.15) is 17.2 Å². The summed E-state index contributed by atoms with van der Waals surface area (Å²) in [5, 5.41) is 0. The average molecular weight is 254 g/mol. The second-order valence-corrected chi connectivity index (χ2v) is 3.77. The summed E-state index contributed by atoms with van der Waals surface area (Å²) in [6.07, 6.45) is -4.33. The molecule has 18 heavy (non-hydrogen) atoms. The molecule has 0 aliphatic rings. The van der Waals surface area contributed by atoms with Crippen LogP contribution >= 0.6 is 0 Å². The third-order valence-corrected chi connectivity index (χ3v) is 2.34. The highest BCUT2D eigenvalue weighted by Crippen LogP contribution is 2.31. The van der Waals surface area contributed by atoms with Gasteiger partial charge in [-0.25, -0.2) is 0 Å². The summed E-state index contributed by atoms with van der Waals surface area (Å²) >= 11 is 0. The molecule has 5 heteroatoms. The van der Waals surface area contributed by atoms with Crippen molar-refractivity contribution in [3.63, 3.8) is 0 Å². The molecule has 0 fully saturated rings. The molecule has 0 aliphatic carbocycles. The Hall–Kier alpha value is -2.01. The lowest BCUT2D eigenvalue weighted by atomic mass is 10.2. The van der Waals surface area contributed by atoms with Crippen molar-refractivity contribution in [2.24, 2.45) is 0 Å². The van der Waals surface area contributed by atoms with Gasteiger partial charge in [-0.2, -0.15) is 13.2 Å². The number of alkyl halides is 3. The van der Waals surface area contributed by atoms with Crippen molar-refractivity contribution in [1.29, 1.82) is 0 Å². The topological polar surface area (TPSA) is 36.9 Å². The van der Waals surface area contributed by atoms with Crippen molar-refractivity contribution in [3.05, 3.63) is 54.1 Å². The lowest BCUT2D eigenvalue weighted by Crippen LogP contribution is -2.39. The molecule has 2 rings (SSSR count). The minimum Gasteiger partial charge on any atom is -0.457 e. The van der Waals surface area contributed by atoms with E-state index >= 15 is 0 Å². The Morgan fingerprint density at radius 3 is 1.67 bits per heavy atom. The predicted molar refractivity (Wildman–Crippen MR) is 60.5 cm³/mol. The first-order valence-electron chi connectivity index (χ1n) is 5.22. The molecular formula is C13H11F3NO+. The van der Waals surface area contributed by atoms with Gasteiger partial charge in [-0.15, -0.1) is 0 Å². The zero-order valence-electron chi connectivity index (χ0n) is 9.37. The van der Waals surface area contributed by atoms with E-state index in [-0.39, 0.29) is 0 Å². The number of rotatable bonds is 2. The summed E-state index contributed by atoms with van der Waals surface area (Å²) in [5.41, 5.74) is 3.88. The zero-order valence-corrected chi connectivity index (χ0v) is 9.37. The molecule has 0 atom stereocenters. The molecule has 0 unspecified atom stereocenters. The summed E-state index contributed by atoms with van der Waals surface area (Å²) in [6.45, 7) is 0. The van der Waals surface area contributed by atoms with Crippen molar-refractivity contribution in [2.75, 3.05) is 0 Å². The number of hydrogen-bond donors (Lipinski definition) is 1. The third kappa shape index (κ3) is 3.01. The minimum atomic E-state index is -4.33. The van der Waals surface area contributed by atoms with Crippen LogP contribution in [-0.4, -0.2) is 0 Å². The van der Waals surface area contributed by atoms with E-state index in [1.165, 1.54) is 12.1 Å². The van der Waals surface area contributed by atoms with E-state index in [1.54, 1.807) is 24.3 Å². The van der Waals surface area contributed by atoms with Crippen LogP contribution in [0.4, 0.5) is 18.9 Å². The van der Waals surface area contributed by atoms with Gasteiger partial charge in [-0.3, -0.25) is 0 Å². The Morgan fingerprint density at radius 1 is 0.778 bits per heavy atom. The first kappa shape index (κ1) is 12.4. The smallest absolute Gasteiger partial charge is 0.416 e. The highest BCUT2D eigenvalue weighted by Gasteiger charge is 2.29. The molecule has 0 amide bonds. The van der Waals surface area contributed by atoms with Crippen LogP contribution in [0.3, 0.4) is 0 Å². The second-order valence-electron chi connectivity index (χ2n) is 3.77. The van der Waals surface area contributed by atoms with Crippen LogP contribution in [0.25, 0.3) is 0 Å². The lowest BCUT2D eigenvalue weighted by molar-refractivity contribution is -0.254. The Bertz CT molecular complexity index is 517. The van der Waals surface area contributed by atoms with E-state index in [9.17, 15) is 13.2 Å². The average Bonchev–Trinajstić information content (AvgIpc) is 2.32. The van der Waals surface area contributed by atoms with Gasteiger partial charge >= 0.3 is 6.18 Å². The number of ether oxygens (including phenoxy) is 1. The van der Waals surface area contributed by atoms with Crippen LogP contribution in [0.1, 0.15) is 5.56 Å². The lowest BCUT2D eigenvalue weighted by Gasteiger charge is -2.08. The van der Waals surface area contributed by atoms with Gasteiger partial charge in [-0.05, 0) is 36.4 Å². The summed E-state index contributed by atoms with van der Waals surface area (Å²) in [6, 6.07) is 11.5. The van der Waals surface area contributed by atoms with Gasteiger partial charge in [0.05, 0.1) is 5.56 Å². The summed E-state index contributed by atoms with van der Waals surface area (Å²) in [5.74, 6) is 0.918. The quantitative estimate of drug-likeness (QED) is 0.876. The van der Waals surface area contributed by atoms with Crippen molar-refractivity contribution >= 4 is 5.69 Å². The molecule has 0 saturated heterocycles. The Morgan fingerprint density at radius 2 is 1.22 bits per heavy atom. The van der Waals surface area contributed by atoms with Crippen LogP contribution in [0, 0.1) is 0 Å². The van der Waals surface area contributed by atoms with E-state index in [2.05, 4.69) is 5.73 Å². The van der Waals surface area contributed by atoms with E-state index < -0.39 is 11.7 Å². The van der Waals surface area contributed by atoms with Gasteiger partial charge < -0.3 is 10.5 Å². The number of halogens is 3. The maximum Gasteiger partial charge on any atom is 0.416 e. The molecule has 0 spiro atoms. The Kier molecular flexibility index (Phi) is 3.25. The predicted octanol–water partition coefficient (Wildman–Crippen LogP) is 3.37.